The van der Waals surface area contributed by atoms with Crippen LogP contribution in [0.3, 0.4) is 0 Å². The van der Waals surface area contributed by atoms with E-state index in [9.17, 15) is 4.79 Å². The average molecular weight is 386 g/mol. The molecule has 1 heterocycles. The minimum Gasteiger partial charge on any atom is -0.484 e. The number of carbonyl (C=O) groups excluding carboxylic acids is 1. The van der Waals surface area contributed by atoms with E-state index < -0.39 is 0 Å². The summed E-state index contributed by atoms with van der Waals surface area (Å²) in [6.07, 6.45) is 0. The third-order valence-corrected chi connectivity index (χ3v) is 4.81. The summed E-state index contributed by atoms with van der Waals surface area (Å²) in [7, 11) is 0. The number of hydrogen-bond acceptors (Lipinski definition) is 4. The van der Waals surface area contributed by atoms with E-state index in [-0.39, 0.29) is 12.5 Å². The molecule has 0 fully saturated rings. The molecule has 0 unspecified atom stereocenters. The second kappa shape index (κ2) is 8.19. The molecule has 0 saturated heterocycles. The number of carbonyl (C=O) groups is 1. The molecule has 29 heavy (non-hydrogen) atoms. The van der Waals surface area contributed by atoms with Crippen LogP contribution in [0.1, 0.15) is 16.7 Å². The molecule has 1 N–H and O–H groups in total. The van der Waals surface area contributed by atoms with Crippen molar-refractivity contribution in [3.05, 3.63) is 83.4 Å². The van der Waals surface area contributed by atoms with Crippen LogP contribution < -0.4 is 10.1 Å². The van der Waals surface area contributed by atoms with Gasteiger partial charge in [0.2, 0.25) is 5.89 Å². The van der Waals surface area contributed by atoms with Gasteiger partial charge in [0.05, 0.1) is 0 Å². The highest BCUT2D eigenvalue weighted by molar-refractivity contribution is 5.78. The molecule has 4 aromatic rings. The average Bonchev–Trinajstić information content (AvgIpc) is 3.15. The fourth-order valence-corrected chi connectivity index (χ4v) is 2.99. The normalized spacial score (nSPS) is 10.8. The standard InChI is InChI=1S/C24H22N2O3/c1-16-12-21-22(13-17(16)2)29-24(26-21)19-10-8-18(9-11-19)14-25-23(27)15-28-20-6-4-3-5-7-20/h3-13H,14-15H2,1-2H3,(H,25,27). The maximum atomic E-state index is 12.0. The first-order valence-corrected chi connectivity index (χ1v) is 9.50. The molecule has 0 bridgehead atoms. The number of ether oxygens (including phenoxy) is 1. The third kappa shape index (κ3) is 4.46. The lowest BCUT2D eigenvalue weighted by Gasteiger charge is -2.07. The Morgan fingerprint density at radius 3 is 2.48 bits per heavy atom. The van der Waals surface area contributed by atoms with Crippen molar-refractivity contribution < 1.29 is 13.9 Å². The molecular weight excluding hydrogens is 364 g/mol. The lowest BCUT2D eigenvalue weighted by molar-refractivity contribution is -0.123. The van der Waals surface area contributed by atoms with Crippen LogP contribution in [0.2, 0.25) is 0 Å². The second-order valence-electron chi connectivity index (χ2n) is 7.00. The van der Waals surface area contributed by atoms with Gasteiger partial charge >= 0.3 is 0 Å². The van der Waals surface area contributed by atoms with Gasteiger partial charge in [-0.3, -0.25) is 4.79 Å². The van der Waals surface area contributed by atoms with Crippen LogP contribution in [-0.4, -0.2) is 17.5 Å². The van der Waals surface area contributed by atoms with Gasteiger partial charge in [-0.25, -0.2) is 4.98 Å². The Labute approximate surface area is 169 Å². The van der Waals surface area contributed by atoms with Gasteiger partial charge in [0.25, 0.3) is 5.91 Å². The van der Waals surface area contributed by atoms with Gasteiger partial charge in [0.1, 0.15) is 11.3 Å². The molecular formula is C24H22N2O3. The van der Waals surface area contributed by atoms with Gasteiger partial charge in [-0.1, -0.05) is 30.3 Å². The Balaban J connectivity index is 1.36. The molecule has 0 atom stereocenters. The lowest BCUT2D eigenvalue weighted by Crippen LogP contribution is -2.28. The molecule has 1 aromatic heterocycles. The monoisotopic (exact) mass is 386 g/mol. The maximum absolute atomic E-state index is 12.0. The smallest absolute Gasteiger partial charge is 0.258 e. The molecule has 5 heteroatoms. The summed E-state index contributed by atoms with van der Waals surface area (Å²) >= 11 is 0. The van der Waals surface area contributed by atoms with E-state index in [1.54, 1.807) is 0 Å². The van der Waals surface area contributed by atoms with E-state index in [0.717, 1.165) is 22.2 Å². The summed E-state index contributed by atoms with van der Waals surface area (Å²) in [5.41, 5.74) is 5.92. The molecule has 0 saturated carbocycles. The van der Waals surface area contributed by atoms with Crippen molar-refractivity contribution in [3.8, 4) is 17.2 Å². The lowest BCUT2D eigenvalue weighted by atomic mass is 10.1. The number of hydrogen-bond donors (Lipinski definition) is 1. The molecule has 0 radical (unpaired) electrons. The quantitative estimate of drug-likeness (QED) is 0.517. The minimum absolute atomic E-state index is 0.0101. The number of aromatic nitrogens is 1. The van der Waals surface area contributed by atoms with Gasteiger partial charge in [0, 0.05) is 12.1 Å². The van der Waals surface area contributed by atoms with Crippen LogP contribution in [-0.2, 0) is 11.3 Å². The molecule has 0 aliphatic carbocycles. The summed E-state index contributed by atoms with van der Waals surface area (Å²) < 4.78 is 11.4. The van der Waals surface area contributed by atoms with Crippen LogP contribution in [0, 0.1) is 13.8 Å². The Hall–Kier alpha value is -3.60. The predicted octanol–water partition coefficient (Wildman–Crippen LogP) is 4.81. The Kier molecular flexibility index (Phi) is 5.29. The van der Waals surface area contributed by atoms with Gasteiger partial charge in [-0.15, -0.1) is 0 Å². The van der Waals surface area contributed by atoms with E-state index in [4.69, 9.17) is 9.15 Å². The first-order valence-electron chi connectivity index (χ1n) is 9.50. The van der Waals surface area contributed by atoms with E-state index in [2.05, 4.69) is 24.1 Å². The number of oxazole rings is 1. The van der Waals surface area contributed by atoms with Crippen LogP contribution in [0.5, 0.6) is 5.75 Å². The SMILES string of the molecule is Cc1cc2nc(-c3ccc(CNC(=O)COc4ccccc4)cc3)oc2cc1C. The predicted molar refractivity (Wildman–Crippen MR) is 113 cm³/mol. The van der Waals surface area contributed by atoms with Crippen molar-refractivity contribution in [2.45, 2.75) is 20.4 Å². The summed E-state index contributed by atoms with van der Waals surface area (Å²) in [6, 6.07) is 21.2. The van der Waals surface area contributed by atoms with Crippen LogP contribution in [0.4, 0.5) is 0 Å². The highest BCUT2D eigenvalue weighted by atomic mass is 16.5. The molecule has 4 rings (SSSR count). The van der Waals surface area contributed by atoms with E-state index in [0.29, 0.717) is 18.2 Å². The number of benzene rings is 3. The summed E-state index contributed by atoms with van der Waals surface area (Å²) in [4.78, 5) is 16.6. The van der Waals surface area contributed by atoms with Crippen molar-refractivity contribution in [2.24, 2.45) is 0 Å². The molecule has 3 aromatic carbocycles. The number of para-hydroxylation sites is 1. The van der Waals surface area contributed by atoms with E-state index >= 15 is 0 Å². The highest BCUT2D eigenvalue weighted by Gasteiger charge is 2.10. The molecule has 0 aliphatic heterocycles. The summed E-state index contributed by atoms with van der Waals surface area (Å²) in [6.45, 7) is 4.55. The largest absolute Gasteiger partial charge is 0.484 e. The topological polar surface area (TPSA) is 64.4 Å². The molecule has 0 aliphatic rings. The molecule has 146 valence electrons. The first-order chi connectivity index (χ1) is 14.1. The van der Waals surface area contributed by atoms with Crippen LogP contribution in [0.15, 0.2) is 71.1 Å². The summed E-state index contributed by atoms with van der Waals surface area (Å²) in [5.74, 6) is 1.11. The summed E-state index contributed by atoms with van der Waals surface area (Å²) in [5, 5.41) is 2.86. The zero-order valence-corrected chi connectivity index (χ0v) is 16.4. The van der Waals surface area contributed by atoms with Crippen LogP contribution >= 0.6 is 0 Å². The third-order valence-electron chi connectivity index (χ3n) is 4.81. The fraction of sp³-hybridized carbons (Fsp3) is 0.167. The van der Waals surface area contributed by atoms with Gasteiger partial charge in [-0.2, -0.15) is 0 Å². The Bertz CT molecular complexity index is 1090. The first kappa shape index (κ1) is 18.7. The molecule has 0 spiro atoms. The number of amides is 1. The van der Waals surface area contributed by atoms with Crippen molar-refractivity contribution in [1.82, 2.24) is 10.3 Å². The number of fused-ring (bicyclic) bond motifs is 1. The van der Waals surface area contributed by atoms with Crippen molar-refractivity contribution in [3.63, 3.8) is 0 Å². The van der Waals surface area contributed by atoms with Gasteiger partial charge < -0.3 is 14.5 Å². The van der Waals surface area contributed by atoms with Crippen molar-refractivity contribution >= 4 is 17.0 Å². The zero-order chi connectivity index (χ0) is 20.2. The maximum Gasteiger partial charge on any atom is 0.258 e. The van der Waals surface area contributed by atoms with E-state index in [1.807, 2.05) is 66.7 Å². The molecule has 1 amide bonds. The number of rotatable bonds is 6. The van der Waals surface area contributed by atoms with E-state index in [1.165, 1.54) is 11.1 Å². The van der Waals surface area contributed by atoms with Gasteiger partial charge in [0.15, 0.2) is 12.2 Å². The van der Waals surface area contributed by atoms with Gasteiger partial charge in [-0.05, 0) is 66.9 Å². The Morgan fingerprint density at radius 2 is 1.72 bits per heavy atom. The minimum atomic E-state index is -0.164. The zero-order valence-electron chi connectivity index (χ0n) is 16.4. The van der Waals surface area contributed by atoms with Crippen molar-refractivity contribution in [2.75, 3.05) is 6.61 Å². The Morgan fingerprint density at radius 1 is 1.00 bits per heavy atom. The van der Waals surface area contributed by atoms with Crippen LogP contribution in [0.25, 0.3) is 22.6 Å². The fourth-order valence-electron chi connectivity index (χ4n) is 2.99. The number of nitrogens with zero attached hydrogens (tertiary/aromatic N) is 1. The highest BCUT2D eigenvalue weighted by Crippen LogP contribution is 2.26. The number of nitrogens with one attached hydrogen (secondary N) is 1. The molecule has 5 nitrogen and oxygen atoms in total. The second-order valence-corrected chi connectivity index (χ2v) is 7.00. The van der Waals surface area contributed by atoms with Crippen molar-refractivity contribution in [1.29, 1.82) is 0 Å². The number of aryl methyl sites for hydroxylation is 2.